The topological polar surface area (TPSA) is 103 Å². The summed E-state index contributed by atoms with van der Waals surface area (Å²) in [5.74, 6) is -5.71. The van der Waals surface area contributed by atoms with Gasteiger partial charge in [0.2, 0.25) is 0 Å². The van der Waals surface area contributed by atoms with Gasteiger partial charge in [0.05, 0.1) is 11.0 Å². The zero-order chi connectivity index (χ0) is 14.1. The van der Waals surface area contributed by atoms with Crippen molar-refractivity contribution < 1.29 is 37.1 Å². The van der Waals surface area contributed by atoms with E-state index >= 15 is 0 Å². The summed E-state index contributed by atoms with van der Waals surface area (Å²) in [5, 5.41) is 18.8. The second-order valence-corrected chi connectivity index (χ2v) is 2.76. The molecule has 7 nitrogen and oxygen atoms in total. The van der Waals surface area contributed by atoms with E-state index in [9.17, 15) is 32.5 Å². The summed E-state index contributed by atoms with van der Waals surface area (Å²) in [6.45, 7) is 0. The van der Waals surface area contributed by atoms with Crippen molar-refractivity contribution in [3.63, 3.8) is 0 Å². The molecule has 0 aromatic carbocycles. The summed E-state index contributed by atoms with van der Waals surface area (Å²) in [4.78, 5) is 22.1. The number of alkyl halides is 3. The molecule has 1 heterocycles. The molecule has 0 spiro atoms. The third-order valence-corrected chi connectivity index (χ3v) is 1.54. The molecule has 11 heteroatoms. The van der Waals surface area contributed by atoms with Gasteiger partial charge in [-0.25, -0.2) is 9.78 Å². The molecule has 0 bridgehead atoms. The van der Waals surface area contributed by atoms with Crippen LogP contribution in [0.3, 0.4) is 0 Å². The number of carboxylic acids is 1. The number of aromatic carboxylic acids is 1. The molecule has 0 radical (unpaired) electrons. The Morgan fingerprint density at radius 1 is 1.50 bits per heavy atom. The average molecular weight is 270 g/mol. The molecule has 0 fully saturated rings. The van der Waals surface area contributed by atoms with Crippen LogP contribution in [0, 0.1) is 15.9 Å². The Hall–Kier alpha value is -2.46. The monoisotopic (exact) mass is 270 g/mol. The van der Waals surface area contributed by atoms with Crippen LogP contribution in [0.2, 0.25) is 0 Å². The lowest BCUT2D eigenvalue weighted by molar-refractivity contribution is -0.388. The Balaban J connectivity index is 3.40. The zero-order valence-corrected chi connectivity index (χ0v) is 8.06. The van der Waals surface area contributed by atoms with Crippen LogP contribution in [-0.4, -0.2) is 27.3 Å². The van der Waals surface area contributed by atoms with Crippen LogP contribution in [0.15, 0.2) is 6.07 Å². The number of carboxylic acid groups (broad SMARTS) is 1. The molecule has 0 aliphatic heterocycles. The van der Waals surface area contributed by atoms with Crippen LogP contribution in [0.25, 0.3) is 0 Å². The summed E-state index contributed by atoms with van der Waals surface area (Å²) in [6.07, 6.45) is -5.36. The first-order chi connectivity index (χ1) is 8.11. The van der Waals surface area contributed by atoms with E-state index in [-0.39, 0.29) is 6.07 Å². The molecular weight excluding hydrogens is 268 g/mol. The molecule has 0 aliphatic rings. The zero-order valence-electron chi connectivity index (χ0n) is 8.06. The van der Waals surface area contributed by atoms with Gasteiger partial charge in [-0.2, -0.15) is 4.39 Å². The first-order valence-corrected chi connectivity index (χ1v) is 3.96. The highest BCUT2D eigenvalue weighted by Gasteiger charge is 2.36. The number of carbonyl (C=O) groups is 1. The minimum absolute atomic E-state index is 0.181. The van der Waals surface area contributed by atoms with Crippen molar-refractivity contribution in [3.8, 4) is 5.88 Å². The lowest BCUT2D eigenvalue weighted by Crippen LogP contribution is -2.20. The number of ether oxygens (including phenoxy) is 1. The van der Waals surface area contributed by atoms with Gasteiger partial charge in [0.25, 0.3) is 11.7 Å². The maximum Gasteiger partial charge on any atom is 0.574 e. The molecule has 0 saturated heterocycles. The SMILES string of the molecule is O=C(O)c1cc([N+](=O)[O-])c(F)c(OC(F)(F)F)n1. The smallest absolute Gasteiger partial charge is 0.477 e. The van der Waals surface area contributed by atoms with E-state index in [4.69, 9.17) is 5.11 Å². The van der Waals surface area contributed by atoms with Gasteiger partial charge < -0.3 is 9.84 Å². The number of halogens is 4. The van der Waals surface area contributed by atoms with Gasteiger partial charge in [0, 0.05) is 0 Å². The molecule has 0 amide bonds. The fraction of sp³-hybridized carbons (Fsp3) is 0.143. The molecule has 98 valence electrons. The molecule has 0 atom stereocenters. The van der Waals surface area contributed by atoms with Gasteiger partial charge in [-0.3, -0.25) is 10.1 Å². The van der Waals surface area contributed by atoms with Crippen molar-refractivity contribution in [2.45, 2.75) is 6.36 Å². The molecule has 1 rings (SSSR count). The normalized spacial score (nSPS) is 11.1. The van der Waals surface area contributed by atoms with Crippen LogP contribution in [0.5, 0.6) is 5.88 Å². The largest absolute Gasteiger partial charge is 0.574 e. The van der Waals surface area contributed by atoms with E-state index in [0.29, 0.717) is 0 Å². The summed E-state index contributed by atoms with van der Waals surface area (Å²) < 4.78 is 51.8. The van der Waals surface area contributed by atoms with Crippen LogP contribution >= 0.6 is 0 Å². The lowest BCUT2D eigenvalue weighted by atomic mass is 10.3. The highest BCUT2D eigenvalue weighted by Crippen LogP contribution is 2.29. The molecule has 1 aromatic heterocycles. The Morgan fingerprint density at radius 3 is 2.44 bits per heavy atom. The Bertz CT molecular complexity index is 515. The Kier molecular flexibility index (Phi) is 3.35. The summed E-state index contributed by atoms with van der Waals surface area (Å²) >= 11 is 0. The molecule has 18 heavy (non-hydrogen) atoms. The molecule has 0 saturated carbocycles. The third kappa shape index (κ3) is 3.02. The van der Waals surface area contributed by atoms with Gasteiger partial charge in [-0.05, 0) is 0 Å². The van der Waals surface area contributed by atoms with Crippen LogP contribution in [0.4, 0.5) is 23.2 Å². The van der Waals surface area contributed by atoms with Gasteiger partial charge in [0.1, 0.15) is 0 Å². The number of hydrogen-bond acceptors (Lipinski definition) is 5. The van der Waals surface area contributed by atoms with Crippen LogP contribution < -0.4 is 4.74 Å². The fourth-order valence-electron chi connectivity index (χ4n) is 0.913. The third-order valence-electron chi connectivity index (χ3n) is 1.54. The molecule has 0 aliphatic carbocycles. The molecule has 1 N–H and O–H groups in total. The predicted octanol–water partition coefficient (Wildman–Crippen LogP) is 1.73. The van der Waals surface area contributed by atoms with E-state index < -0.39 is 40.3 Å². The number of pyridine rings is 1. The Morgan fingerprint density at radius 2 is 2.06 bits per heavy atom. The van der Waals surface area contributed by atoms with Gasteiger partial charge in [-0.1, -0.05) is 0 Å². The maximum absolute atomic E-state index is 13.2. The van der Waals surface area contributed by atoms with E-state index in [2.05, 4.69) is 9.72 Å². The summed E-state index contributed by atoms with van der Waals surface area (Å²) in [5.41, 5.74) is -2.64. The molecule has 1 aromatic rings. The highest BCUT2D eigenvalue weighted by molar-refractivity contribution is 5.86. The van der Waals surface area contributed by atoms with Crippen molar-refractivity contribution in [2.24, 2.45) is 0 Å². The number of aromatic nitrogens is 1. The number of rotatable bonds is 3. The van der Waals surface area contributed by atoms with Gasteiger partial charge >= 0.3 is 18.0 Å². The van der Waals surface area contributed by atoms with Gasteiger partial charge in [-0.15, -0.1) is 13.2 Å². The summed E-state index contributed by atoms with van der Waals surface area (Å²) in [7, 11) is 0. The maximum atomic E-state index is 13.2. The van der Waals surface area contributed by atoms with Crippen molar-refractivity contribution in [1.82, 2.24) is 4.98 Å². The minimum atomic E-state index is -5.36. The van der Waals surface area contributed by atoms with Crippen molar-refractivity contribution in [3.05, 3.63) is 27.7 Å². The summed E-state index contributed by atoms with van der Waals surface area (Å²) in [6, 6.07) is 0.181. The van der Waals surface area contributed by atoms with Crippen molar-refractivity contribution in [1.29, 1.82) is 0 Å². The number of hydrogen-bond donors (Lipinski definition) is 1. The van der Waals surface area contributed by atoms with Crippen molar-refractivity contribution in [2.75, 3.05) is 0 Å². The van der Waals surface area contributed by atoms with E-state index in [1.165, 1.54) is 0 Å². The van der Waals surface area contributed by atoms with Crippen molar-refractivity contribution >= 4 is 11.7 Å². The minimum Gasteiger partial charge on any atom is -0.477 e. The van der Waals surface area contributed by atoms with E-state index in [1.807, 2.05) is 0 Å². The van der Waals surface area contributed by atoms with Crippen LogP contribution in [0.1, 0.15) is 10.5 Å². The van der Waals surface area contributed by atoms with E-state index in [1.54, 1.807) is 0 Å². The second-order valence-electron chi connectivity index (χ2n) is 2.76. The van der Waals surface area contributed by atoms with E-state index in [0.717, 1.165) is 0 Å². The molecular formula is C7H2F4N2O5. The Labute approximate surface area is 94.8 Å². The number of nitro groups is 1. The highest BCUT2D eigenvalue weighted by atomic mass is 19.4. The van der Waals surface area contributed by atoms with Gasteiger partial charge in [0.15, 0.2) is 5.69 Å². The second kappa shape index (κ2) is 4.43. The quantitative estimate of drug-likeness (QED) is 0.509. The first kappa shape index (κ1) is 13.6. The average Bonchev–Trinajstić information content (AvgIpc) is 2.18. The number of nitrogens with zero attached hydrogens (tertiary/aromatic N) is 2. The molecule has 0 unspecified atom stereocenters. The van der Waals surface area contributed by atoms with Crippen LogP contribution in [-0.2, 0) is 0 Å². The predicted molar refractivity (Wildman–Crippen MR) is 44.5 cm³/mol. The first-order valence-electron chi connectivity index (χ1n) is 3.96. The standard InChI is InChI=1S/C7H2F4N2O5/c8-4-3(13(16)17)1-2(6(14)15)12-5(4)18-7(9,10)11/h1H,(H,14,15). The fourth-order valence-corrected chi connectivity index (χ4v) is 0.913. The lowest BCUT2D eigenvalue weighted by Gasteiger charge is -2.09.